The fourth-order valence-electron chi connectivity index (χ4n) is 9.18. The van der Waals surface area contributed by atoms with Gasteiger partial charge in [-0.05, 0) is 90.6 Å². The summed E-state index contributed by atoms with van der Waals surface area (Å²) in [6.45, 7) is 16.0. The van der Waals surface area contributed by atoms with E-state index in [1.807, 2.05) is 128 Å². The zero-order valence-electron chi connectivity index (χ0n) is 40.5. The third kappa shape index (κ3) is 15.7. The Morgan fingerprint density at radius 2 is 1.45 bits per heavy atom. The molecule has 2 aliphatic rings. The van der Waals surface area contributed by atoms with Gasteiger partial charge in [0.25, 0.3) is 0 Å². The number of carbonyl (C=O) groups is 4. The van der Waals surface area contributed by atoms with Crippen LogP contribution in [0.2, 0.25) is 0 Å². The van der Waals surface area contributed by atoms with Crippen LogP contribution in [0.1, 0.15) is 98.6 Å². The molecule has 2 saturated heterocycles. The van der Waals surface area contributed by atoms with Crippen molar-refractivity contribution in [2.45, 2.75) is 162 Å². The van der Waals surface area contributed by atoms with Gasteiger partial charge in [0.15, 0.2) is 12.4 Å². The second kappa shape index (κ2) is 25.7. The van der Waals surface area contributed by atoms with Gasteiger partial charge in [-0.1, -0.05) is 95.3 Å². The summed E-state index contributed by atoms with van der Waals surface area (Å²) in [4.78, 5) is 58.2. The maximum absolute atomic E-state index is 13.9. The van der Waals surface area contributed by atoms with Crippen LogP contribution in [0.15, 0.2) is 60.7 Å². The highest BCUT2D eigenvalue weighted by Gasteiger charge is 2.46. The summed E-state index contributed by atoms with van der Waals surface area (Å²) in [6, 6.07) is 16.4. The van der Waals surface area contributed by atoms with Crippen molar-refractivity contribution in [3.05, 3.63) is 71.8 Å². The molecule has 15 heteroatoms. The number of rotatable bonds is 14. The monoisotopic (exact) mass is 912 g/mol. The molecule has 4 rings (SSSR count). The predicted octanol–water partition coefficient (Wildman–Crippen LogP) is 6.12. The van der Waals surface area contributed by atoms with Gasteiger partial charge in [0.2, 0.25) is 0 Å². The molecule has 0 aliphatic carbocycles. The lowest BCUT2D eigenvalue weighted by Gasteiger charge is -2.45. The Morgan fingerprint density at radius 1 is 0.846 bits per heavy atom. The molecular formula is C50H77N3O12. The molecule has 0 unspecified atom stereocenters. The molecule has 2 aromatic rings. The summed E-state index contributed by atoms with van der Waals surface area (Å²) in [5.74, 6) is -3.85. The number of ether oxygens (including phenoxy) is 6. The maximum Gasteiger partial charge on any atom is 0.408 e. The Morgan fingerprint density at radius 3 is 2.03 bits per heavy atom. The predicted molar refractivity (Wildman–Crippen MR) is 245 cm³/mol. The van der Waals surface area contributed by atoms with Crippen LogP contribution in [-0.4, -0.2) is 133 Å². The van der Waals surface area contributed by atoms with E-state index in [-0.39, 0.29) is 62.0 Å². The molecule has 364 valence electrons. The molecule has 0 bridgehead atoms. The van der Waals surface area contributed by atoms with E-state index in [1.54, 1.807) is 6.92 Å². The van der Waals surface area contributed by atoms with Crippen LogP contribution in [-0.2, 0) is 56.0 Å². The van der Waals surface area contributed by atoms with Gasteiger partial charge in [-0.25, -0.2) is 9.59 Å². The van der Waals surface area contributed by atoms with Gasteiger partial charge in [0, 0.05) is 30.8 Å². The molecule has 2 heterocycles. The van der Waals surface area contributed by atoms with Crippen molar-refractivity contribution < 1.29 is 57.8 Å². The molecule has 15 nitrogen and oxygen atoms in total. The normalized spacial score (nSPS) is 32.6. The molecule has 15 atom stereocenters. The van der Waals surface area contributed by atoms with E-state index in [0.717, 1.165) is 11.1 Å². The largest absolute Gasteiger partial charge is 0.462 e. The van der Waals surface area contributed by atoms with E-state index >= 15 is 0 Å². The van der Waals surface area contributed by atoms with E-state index in [2.05, 4.69) is 17.1 Å². The van der Waals surface area contributed by atoms with E-state index in [0.29, 0.717) is 25.8 Å². The fourth-order valence-corrected chi connectivity index (χ4v) is 9.18. The molecular weight excluding hydrogens is 835 g/mol. The second-order valence-electron chi connectivity index (χ2n) is 18.9. The number of cyclic esters (lactones) is 1. The molecule has 0 aromatic heterocycles. The molecule has 1 amide bonds. The van der Waals surface area contributed by atoms with Crippen LogP contribution in [0.5, 0.6) is 0 Å². The van der Waals surface area contributed by atoms with Crippen LogP contribution >= 0.6 is 0 Å². The Balaban J connectivity index is 1.57. The zero-order chi connectivity index (χ0) is 48.0. The summed E-state index contributed by atoms with van der Waals surface area (Å²) in [5, 5.41) is 25.9. The van der Waals surface area contributed by atoms with Crippen LogP contribution in [0.25, 0.3) is 0 Å². The Labute approximate surface area is 386 Å². The molecule has 65 heavy (non-hydrogen) atoms. The van der Waals surface area contributed by atoms with Crippen LogP contribution < -0.4 is 5.32 Å². The van der Waals surface area contributed by atoms with E-state index in [1.165, 1.54) is 0 Å². The molecule has 0 spiro atoms. The number of esters is 3. The van der Waals surface area contributed by atoms with Crippen molar-refractivity contribution in [2.24, 2.45) is 29.6 Å². The third-order valence-corrected chi connectivity index (χ3v) is 13.3. The number of hydrogen-bond acceptors (Lipinski definition) is 14. The molecule has 3 N–H and O–H groups in total. The first-order valence-electron chi connectivity index (χ1n) is 23.4. The lowest BCUT2D eigenvalue weighted by atomic mass is 9.80. The van der Waals surface area contributed by atoms with Crippen LogP contribution in [0.3, 0.4) is 0 Å². The highest BCUT2D eigenvalue weighted by molar-refractivity contribution is 5.82. The van der Waals surface area contributed by atoms with E-state index in [4.69, 9.17) is 28.4 Å². The van der Waals surface area contributed by atoms with Crippen molar-refractivity contribution >= 4 is 24.0 Å². The Hall–Kier alpha value is -4.12. The van der Waals surface area contributed by atoms with Gasteiger partial charge >= 0.3 is 24.0 Å². The fraction of sp³-hybridized carbons (Fsp3) is 0.680. The van der Waals surface area contributed by atoms with Gasteiger partial charge in [-0.15, -0.1) is 0 Å². The summed E-state index contributed by atoms with van der Waals surface area (Å²) in [5.41, 5.74) is 1.51. The van der Waals surface area contributed by atoms with Crippen molar-refractivity contribution in [1.29, 1.82) is 0 Å². The lowest BCUT2D eigenvalue weighted by Crippen LogP contribution is -2.58. The summed E-state index contributed by atoms with van der Waals surface area (Å²) < 4.78 is 36.6. The van der Waals surface area contributed by atoms with Crippen molar-refractivity contribution in [2.75, 3.05) is 27.7 Å². The molecule has 0 radical (unpaired) electrons. The van der Waals surface area contributed by atoms with Gasteiger partial charge < -0.3 is 53.8 Å². The summed E-state index contributed by atoms with van der Waals surface area (Å²) >= 11 is 0. The molecule has 2 aromatic carbocycles. The lowest BCUT2D eigenvalue weighted by molar-refractivity contribution is -0.287. The van der Waals surface area contributed by atoms with E-state index < -0.39 is 78.7 Å². The number of nitrogens with zero attached hydrogens (tertiary/aromatic N) is 2. The number of likely N-dealkylation sites (N-methyl/N-ethyl adjacent to an activating group) is 2. The number of amides is 1. The van der Waals surface area contributed by atoms with Crippen molar-refractivity contribution in [3.8, 4) is 0 Å². The number of nitrogens with one attached hydrogen (secondary N) is 1. The number of benzene rings is 2. The molecule has 2 aliphatic heterocycles. The number of aliphatic hydroxyl groups excluding tert-OH is 2. The standard InChI is InChI=1S/C50H77N3O12/c1-12-41-33(5)44(56)36(8)53(11)27-30(2)25-31(3)45(34(6)43(55)35(7)47(57)63-41)65-49-46(40(52(9)10)26-32(4)62-49)64-42(54)24-23-39(48(58)60-28-37-19-15-13-16-20-37)51-50(59)61-29-38-21-17-14-18-22-38/h13-22,30-36,39-41,43-46,49,55-56H,12,23-29H2,1-11H3,(H,51,59)/t30-,31+,32-,33+,34+,35-,36-,39-,40+,41-,43+,44+,45+,46-,49+/m1/s1. The van der Waals surface area contributed by atoms with Gasteiger partial charge in [-0.3, -0.25) is 9.59 Å². The number of carbonyl (C=O) groups excluding carboxylic acids is 4. The first kappa shape index (κ1) is 53.5. The van der Waals surface area contributed by atoms with Crippen molar-refractivity contribution in [1.82, 2.24) is 15.1 Å². The number of aliphatic hydroxyl groups is 2. The topological polar surface area (TPSA) is 183 Å². The average molecular weight is 912 g/mol. The van der Waals surface area contributed by atoms with Gasteiger partial charge in [-0.2, -0.15) is 0 Å². The number of hydrogen-bond donors (Lipinski definition) is 3. The second-order valence-corrected chi connectivity index (χ2v) is 18.9. The minimum Gasteiger partial charge on any atom is -0.462 e. The zero-order valence-corrected chi connectivity index (χ0v) is 40.5. The smallest absolute Gasteiger partial charge is 0.408 e. The highest BCUT2D eigenvalue weighted by Crippen LogP contribution is 2.35. The number of alkyl carbamates (subject to hydrolysis) is 1. The first-order valence-corrected chi connectivity index (χ1v) is 23.4. The van der Waals surface area contributed by atoms with Crippen LogP contribution in [0.4, 0.5) is 4.79 Å². The Bertz CT molecular complexity index is 1770. The van der Waals surface area contributed by atoms with Gasteiger partial charge in [0.05, 0.1) is 36.4 Å². The summed E-state index contributed by atoms with van der Waals surface area (Å²) in [7, 11) is 5.75. The highest BCUT2D eigenvalue weighted by atomic mass is 16.7. The third-order valence-electron chi connectivity index (χ3n) is 13.3. The van der Waals surface area contributed by atoms with E-state index in [9.17, 15) is 29.4 Å². The Kier molecular flexibility index (Phi) is 21.1. The maximum atomic E-state index is 13.9. The van der Waals surface area contributed by atoms with Gasteiger partial charge in [0.1, 0.15) is 25.4 Å². The average Bonchev–Trinajstić information content (AvgIpc) is 3.28. The molecule has 0 saturated carbocycles. The molecule has 2 fully saturated rings. The SMILES string of the molecule is CC[C@H]1OC(=O)[C@H](C)[C@@H](O)[C@H](C)[C@@H](O[C@@H]2O[C@H](C)C[C@H](N(C)C)[C@H]2OC(=O)CC[C@@H](NC(=O)OCc2ccccc2)C(=O)OCc2ccccc2)[C@@H](C)C[C@@H](C)CN(C)[C@H](C)[C@@H](O)[C@H]1C. The van der Waals surface area contributed by atoms with Crippen LogP contribution in [0, 0.1) is 29.6 Å². The minimum absolute atomic E-state index is 0.0237. The van der Waals surface area contributed by atoms with Crippen molar-refractivity contribution in [3.63, 3.8) is 0 Å². The first-order chi connectivity index (χ1) is 30.8. The quantitative estimate of drug-likeness (QED) is 0.146. The minimum atomic E-state index is -1.23. The summed E-state index contributed by atoms with van der Waals surface area (Å²) in [6.07, 6.45) is -5.03.